The number of rotatable bonds is 12. The maximum atomic E-state index is 8.47. The molecule has 0 bridgehead atoms. The van der Waals surface area contributed by atoms with Crippen LogP contribution in [0.5, 0.6) is 11.5 Å². The first-order valence-corrected chi connectivity index (χ1v) is 16.1. The van der Waals surface area contributed by atoms with Gasteiger partial charge in [-0.15, -0.1) is 35.1 Å². The number of ether oxygens (including phenoxy) is 2. The molecular weight excluding hydrogens is 644 g/mol. The average molecular weight is 681 g/mol. The number of amidine groups is 2. The lowest BCUT2D eigenvalue weighted by molar-refractivity contribution is 0.243. The minimum atomic E-state index is -0.0801. The summed E-state index contributed by atoms with van der Waals surface area (Å²) in [7, 11) is 3.60. The van der Waals surface area contributed by atoms with Gasteiger partial charge in [0.25, 0.3) is 0 Å². The second-order valence-corrected chi connectivity index (χ2v) is 12.2. The van der Waals surface area contributed by atoms with Crippen LogP contribution in [0, 0.1) is 10.8 Å². The van der Waals surface area contributed by atoms with Crippen molar-refractivity contribution in [3.63, 3.8) is 0 Å². The molecule has 3 heterocycles. The van der Waals surface area contributed by atoms with Crippen LogP contribution in [0.4, 0.5) is 21.6 Å². The molecule has 3 aromatic heterocycles. The number of benzene rings is 2. The second-order valence-electron chi connectivity index (χ2n) is 10.5. The first kappa shape index (κ1) is 34.3. The molecule has 0 spiro atoms. The summed E-state index contributed by atoms with van der Waals surface area (Å²) < 4.78 is 18.8. The Labute approximate surface area is 282 Å². The first-order chi connectivity index (χ1) is 21.6. The van der Waals surface area contributed by atoms with Gasteiger partial charge < -0.3 is 35.2 Å². The van der Waals surface area contributed by atoms with E-state index in [9.17, 15) is 0 Å². The zero-order valence-electron chi connectivity index (χ0n) is 26.3. The molecule has 5 aromatic rings. The number of aromatic nitrogens is 2. The van der Waals surface area contributed by atoms with Crippen LogP contribution in [-0.2, 0) is 0 Å². The van der Waals surface area contributed by atoms with Gasteiger partial charge in [0.1, 0.15) is 46.1 Å². The molecule has 0 aliphatic heterocycles. The summed E-state index contributed by atoms with van der Waals surface area (Å²) in [6.07, 6.45) is -0.160. The third-order valence-corrected chi connectivity index (χ3v) is 8.03. The van der Waals surface area contributed by atoms with Crippen molar-refractivity contribution in [1.29, 1.82) is 10.8 Å². The van der Waals surface area contributed by atoms with Crippen molar-refractivity contribution in [3.8, 4) is 34.1 Å². The molecule has 0 saturated heterocycles. The highest BCUT2D eigenvalue weighted by Gasteiger charge is 2.18. The van der Waals surface area contributed by atoms with Crippen molar-refractivity contribution in [2.45, 2.75) is 39.9 Å². The molecule has 0 unspecified atom stereocenters. The Morgan fingerprint density at radius 2 is 1.11 bits per heavy atom. The number of nitrogens with one attached hydrogen (secondary N) is 6. The van der Waals surface area contributed by atoms with Gasteiger partial charge >= 0.3 is 0 Å². The molecule has 11 nitrogen and oxygen atoms in total. The fourth-order valence-corrected chi connectivity index (χ4v) is 5.69. The van der Waals surface area contributed by atoms with Gasteiger partial charge in [0.2, 0.25) is 0 Å². The summed E-state index contributed by atoms with van der Waals surface area (Å²) in [6.45, 7) is 7.86. The highest BCUT2D eigenvalue weighted by atomic mass is 35.5. The fraction of sp³-hybridized carbons (Fsp3) is 0.250. The summed E-state index contributed by atoms with van der Waals surface area (Å²) in [5.41, 5.74) is 4.07. The molecule has 0 aliphatic carbocycles. The lowest BCUT2D eigenvalue weighted by atomic mass is 10.1. The standard InChI is InChI=1S/C32H36N8O3S2.ClH/c1-17(2)41-27-13-19(37-29(33)23-15-44-31(35-5)39-23)7-9-21(27)25-11-12-26(43-25)22-10-8-20(14-28(22)42-18(3)4)38-30(34)24-16-45-32(36-6)40-24;/h7-18H,1-6H3,(H2,33,37)(H2,34,38)(H,35,39)(H,36,40);1H. The number of hydrogen-bond acceptors (Lipinski definition) is 11. The Bertz CT molecular complexity index is 1690. The second kappa shape index (κ2) is 15.1. The van der Waals surface area contributed by atoms with Gasteiger partial charge in [-0.05, 0) is 64.1 Å². The van der Waals surface area contributed by atoms with E-state index in [0.29, 0.717) is 45.8 Å². The Morgan fingerprint density at radius 1 is 0.696 bits per heavy atom. The number of thiazole rings is 2. The molecule has 46 heavy (non-hydrogen) atoms. The van der Waals surface area contributed by atoms with Gasteiger partial charge in [-0.25, -0.2) is 9.97 Å². The lowest BCUT2D eigenvalue weighted by Gasteiger charge is -2.16. The molecule has 0 aliphatic rings. The summed E-state index contributed by atoms with van der Waals surface area (Å²) >= 11 is 2.88. The number of furan rings is 1. The normalized spacial score (nSPS) is 10.8. The molecule has 0 fully saturated rings. The van der Waals surface area contributed by atoms with Crippen LogP contribution in [0.2, 0.25) is 0 Å². The molecule has 0 radical (unpaired) electrons. The first-order valence-electron chi connectivity index (χ1n) is 14.3. The van der Waals surface area contributed by atoms with E-state index in [0.717, 1.165) is 21.4 Å². The van der Waals surface area contributed by atoms with Crippen LogP contribution in [-0.4, -0.2) is 47.9 Å². The topological polar surface area (TPSA) is 153 Å². The summed E-state index contributed by atoms with van der Waals surface area (Å²) in [5.74, 6) is 2.89. The van der Waals surface area contributed by atoms with Crippen molar-refractivity contribution in [2.24, 2.45) is 0 Å². The van der Waals surface area contributed by atoms with Crippen molar-refractivity contribution < 1.29 is 13.9 Å². The van der Waals surface area contributed by atoms with Gasteiger partial charge in [0.05, 0.1) is 23.3 Å². The molecule has 0 atom stereocenters. The van der Waals surface area contributed by atoms with Crippen molar-refractivity contribution in [3.05, 3.63) is 70.7 Å². The van der Waals surface area contributed by atoms with Gasteiger partial charge in [-0.3, -0.25) is 10.8 Å². The minimum Gasteiger partial charge on any atom is -0.490 e. The van der Waals surface area contributed by atoms with E-state index in [1.807, 2.05) is 87.0 Å². The highest BCUT2D eigenvalue weighted by Crippen LogP contribution is 2.40. The van der Waals surface area contributed by atoms with Gasteiger partial charge in [0, 0.05) is 48.4 Å². The van der Waals surface area contributed by atoms with Crippen LogP contribution < -0.4 is 30.7 Å². The average Bonchev–Trinajstić information content (AvgIpc) is 3.78. The van der Waals surface area contributed by atoms with Gasteiger partial charge in [0.15, 0.2) is 10.3 Å². The maximum Gasteiger partial charge on any atom is 0.183 e. The SMILES string of the molecule is CNc1nc(C(=N)Nc2ccc(-c3ccc(-c4ccc(NC(=N)c5csc(NC)n5)cc4OC(C)C)o3)c(OC(C)C)c2)cs1.Cl. The smallest absolute Gasteiger partial charge is 0.183 e. The van der Waals surface area contributed by atoms with Crippen molar-refractivity contribution in [1.82, 2.24) is 9.97 Å². The van der Waals surface area contributed by atoms with Crippen LogP contribution in [0.15, 0.2) is 63.7 Å². The van der Waals surface area contributed by atoms with Crippen molar-refractivity contribution >= 4 is 68.4 Å². The number of nitrogens with zero attached hydrogens (tertiary/aromatic N) is 2. The van der Waals surface area contributed by atoms with E-state index in [-0.39, 0.29) is 36.3 Å². The van der Waals surface area contributed by atoms with Crippen LogP contribution in [0.1, 0.15) is 39.1 Å². The molecule has 5 rings (SSSR count). The Hall–Kier alpha value is -4.59. The highest BCUT2D eigenvalue weighted by molar-refractivity contribution is 7.14. The predicted octanol–water partition coefficient (Wildman–Crippen LogP) is 8.48. The minimum absolute atomic E-state index is 0. The zero-order chi connectivity index (χ0) is 32.1. The molecule has 6 N–H and O–H groups in total. The third kappa shape index (κ3) is 8.16. The van der Waals surface area contributed by atoms with E-state index < -0.39 is 0 Å². The fourth-order valence-electron chi connectivity index (χ4n) is 4.36. The summed E-state index contributed by atoms with van der Waals surface area (Å²) in [6, 6.07) is 15.1. The quantitative estimate of drug-likeness (QED) is 0.0562. The zero-order valence-corrected chi connectivity index (χ0v) is 28.7. The van der Waals surface area contributed by atoms with Crippen molar-refractivity contribution in [2.75, 3.05) is 35.4 Å². The van der Waals surface area contributed by atoms with E-state index in [2.05, 4.69) is 31.2 Å². The predicted molar refractivity (Wildman–Crippen MR) is 193 cm³/mol. The van der Waals surface area contributed by atoms with E-state index >= 15 is 0 Å². The third-order valence-electron chi connectivity index (χ3n) is 6.31. The van der Waals surface area contributed by atoms with Crippen LogP contribution in [0.25, 0.3) is 22.6 Å². The summed E-state index contributed by atoms with van der Waals surface area (Å²) in [4.78, 5) is 8.80. The Balaban J connectivity index is 0.00000480. The van der Waals surface area contributed by atoms with E-state index in [1.165, 1.54) is 22.7 Å². The molecule has 0 saturated carbocycles. The number of hydrogen-bond donors (Lipinski definition) is 6. The molecule has 2 aromatic carbocycles. The Morgan fingerprint density at radius 3 is 1.46 bits per heavy atom. The van der Waals surface area contributed by atoms with Gasteiger partial charge in [-0.2, -0.15) is 0 Å². The maximum absolute atomic E-state index is 8.47. The van der Waals surface area contributed by atoms with E-state index in [1.54, 1.807) is 14.1 Å². The molecule has 14 heteroatoms. The van der Waals surface area contributed by atoms with Crippen LogP contribution in [0.3, 0.4) is 0 Å². The molecular formula is C32H37ClN8O3S2. The number of anilines is 4. The summed E-state index contributed by atoms with van der Waals surface area (Å²) in [5, 5.41) is 34.3. The molecule has 242 valence electrons. The van der Waals surface area contributed by atoms with Gasteiger partial charge in [-0.1, -0.05) is 0 Å². The molecule has 0 amide bonds. The lowest BCUT2D eigenvalue weighted by Crippen LogP contribution is -2.13. The monoisotopic (exact) mass is 680 g/mol. The van der Waals surface area contributed by atoms with Crippen LogP contribution >= 0.6 is 35.1 Å². The largest absolute Gasteiger partial charge is 0.490 e. The van der Waals surface area contributed by atoms with E-state index in [4.69, 9.17) is 24.7 Å². The Kier molecular flexibility index (Phi) is 11.3. The number of halogens is 1.